The van der Waals surface area contributed by atoms with E-state index < -0.39 is 0 Å². The highest BCUT2D eigenvalue weighted by atomic mass is 16.5. The summed E-state index contributed by atoms with van der Waals surface area (Å²) >= 11 is 0. The molecule has 0 heterocycles. The molecule has 1 N–H and O–H groups in total. The quantitative estimate of drug-likeness (QED) is 0.721. The molecule has 0 bridgehead atoms. The van der Waals surface area contributed by atoms with E-state index in [0.717, 1.165) is 30.7 Å². The number of phenolic OH excluding ortho intramolecular Hbond substituents is 1. The Morgan fingerprint density at radius 3 is 2.00 bits per heavy atom. The summed E-state index contributed by atoms with van der Waals surface area (Å²) in [5.74, 6) is 2.15. The molecule has 25 heavy (non-hydrogen) atoms. The van der Waals surface area contributed by atoms with Crippen LogP contribution in [0.15, 0.2) is 42.5 Å². The number of aromatic hydroxyl groups is 1. The van der Waals surface area contributed by atoms with Crippen molar-refractivity contribution < 1.29 is 9.84 Å². The van der Waals surface area contributed by atoms with E-state index in [-0.39, 0.29) is 0 Å². The van der Waals surface area contributed by atoms with Gasteiger partial charge in [-0.05, 0) is 68.1 Å². The summed E-state index contributed by atoms with van der Waals surface area (Å²) in [4.78, 5) is 2.08. The van der Waals surface area contributed by atoms with Gasteiger partial charge in [0.05, 0.1) is 7.11 Å². The normalized spacial score (nSPS) is 13.7. The van der Waals surface area contributed by atoms with E-state index in [1.165, 1.54) is 11.1 Å². The molecule has 0 aliphatic carbocycles. The third-order valence-electron chi connectivity index (χ3n) is 4.93. The molecule has 0 aliphatic rings. The second kappa shape index (κ2) is 8.91. The van der Waals surface area contributed by atoms with Crippen molar-refractivity contribution in [1.82, 2.24) is 4.90 Å². The van der Waals surface area contributed by atoms with E-state index in [0.29, 0.717) is 17.6 Å². The Bertz CT molecular complexity index is 664. The maximum atomic E-state index is 10.2. The third-order valence-corrected chi connectivity index (χ3v) is 4.93. The topological polar surface area (TPSA) is 32.7 Å². The predicted molar refractivity (Wildman–Crippen MR) is 105 cm³/mol. The fraction of sp³-hybridized carbons (Fsp3) is 0.455. The van der Waals surface area contributed by atoms with Gasteiger partial charge in [-0.3, -0.25) is 0 Å². The summed E-state index contributed by atoms with van der Waals surface area (Å²) in [6.45, 7) is 5.24. The van der Waals surface area contributed by atoms with Crippen molar-refractivity contribution in [3.8, 4) is 11.5 Å². The molecule has 0 spiro atoms. The standard InChI is InChI=1S/C22H31NO2/c1-6-20(16-8-11-19(25-5)12-9-16)21(7-2)17-10-13-22(24)18(14-17)15-23(3)4/h8-14,20-21,24H,6-7,15H2,1-5H3/t20-,21+/m1/s1. The second-order valence-electron chi connectivity index (χ2n) is 6.93. The van der Waals surface area contributed by atoms with Gasteiger partial charge in [0.1, 0.15) is 11.5 Å². The van der Waals surface area contributed by atoms with Gasteiger partial charge in [0.15, 0.2) is 0 Å². The van der Waals surface area contributed by atoms with E-state index >= 15 is 0 Å². The maximum absolute atomic E-state index is 10.2. The molecule has 2 atom stereocenters. The largest absolute Gasteiger partial charge is 0.508 e. The minimum Gasteiger partial charge on any atom is -0.508 e. The van der Waals surface area contributed by atoms with E-state index in [1.807, 2.05) is 32.3 Å². The average Bonchev–Trinajstić information content (AvgIpc) is 2.61. The SMILES string of the molecule is CC[C@H](c1ccc(OC)cc1)[C@@H](CC)c1ccc(O)c(CN(C)C)c1. The van der Waals surface area contributed by atoms with E-state index in [4.69, 9.17) is 4.74 Å². The van der Waals surface area contributed by atoms with Crippen LogP contribution in [0.3, 0.4) is 0 Å². The first-order valence-electron chi connectivity index (χ1n) is 9.10. The summed E-state index contributed by atoms with van der Waals surface area (Å²) < 4.78 is 5.29. The molecule has 136 valence electrons. The summed E-state index contributed by atoms with van der Waals surface area (Å²) in [6, 6.07) is 14.5. The highest BCUT2D eigenvalue weighted by Crippen LogP contribution is 2.39. The van der Waals surface area contributed by atoms with Crippen LogP contribution in [-0.4, -0.2) is 31.2 Å². The lowest BCUT2D eigenvalue weighted by atomic mass is 9.78. The van der Waals surface area contributed by atoms with Crippen molar-refractivity contribution in [3.63, 3.8) is 0 Å². The highest BCUT2D eigenvalue weighted by molar-refractivity contribution is 5.40. The van der Waals surface area contributed by atoms with Crippen LogP contribution < -0.4 is 4.74 Å². The minimum atomic E-state index is 0.379. The zero-order valence-electron chi connectivity index (χ0n) is 16.1. The van der Waals surface area contributed by atoms with Gasteiger partial charge in [-0.1, -0.05) is 38.1 Å². The Morgan fingerprint density at radius 1 is 0.920 bits per heavy atom. The van der Waals surface area contributed by atoms with Crippen LogP contribution in [-0.2, 0) is 6.54 Å². The Morgan fingerprint density at radius 2 is 1.48 bits per heavy atom. The molecule has 0 saturated carbocycles. The second-order valence-corrected chi connectivity index (χ2v) is 6.93. The average molecular weight is 341 g/mol. The number of benzene rings is 2. The lowest BCUT2D eigenvalue weighted by Gasteiger charge is -2.27. The van der Waals surface area contributed by atoms with Crippen LogP contribution in [0, 0.1) is 0 Å². The van der Waals surface area contributed by atoms with Gasteiger partial charge in [-0.2, -0.15) is 0 Å². The monoisotopic (exact) mass is 341 g/mol. The van der Waals surface area contributed by atoms with Crippen molar-refractivity contribution in [2.24, 2.45) is 0 Å². The van der Waals surface area contributed by atoms with Crippen LogP contribution in [0.5, 0.6) is 11.5 Å². The van der Waals surface area contributed by atoms with Crippen LogP contribution in [0.1, 0.15) is 55.2 Å². The number of hydrogen-bond acceptors (Lipinski definition) is 3. The van der Waals surface area contributed by atoms with Crippen molar-refractivity contribution in [2.75, 3.05) is 21.2 Å². The number of rotatable bonds is 8. The fourth-order valence-corrected chi connectivity index (χ4v) is 3.66. The number of hydrogen-bond donors (Lipinski definition) is 1. The van der Waals surface area contributed by atoms with E-state index in [2.05, 4.69) is 43.0 Å². The first kappa shape index (κ1) is 19.3. The van der Waals surface area contributed by atoms with Gasteiger partial charge in [0.2, 0.25) is 0 Å². The molecule has 3 nitrogen and oxygen atoms in total. The van der Waals surface area contributed by atoms with Crippen molar-refractivity contribution in [2.45, 2.75) is 45.1 Å². The lowest BCUT2D eigenvalue weighted by Crippen LogP contribution is -2.13. The number of phenols is 1. The molecule has 0 unspecified atom stereocenters. The van der Waals surface area contributed by atoms with Gasteiger partial charge in [0, 0.05) is 12.1 Å². The molecular weight excluding hydrogens is 310 g/mol. The Labute approximate surface area is 152 Å². The zero-order chi connectivity index (χ0) is 18.4. The van der Waals surface area contributed by atoms with Gasteiger partial charge in [0.25, 0.3) is 0 Å². The first-order chi connectivity index (χ1) is 12.0. The van der Waals surface area contributed by atoms with Gasteiger partial charge in [-0.15, -0.1) is 0 Å². The lowest BCUT2D eigenvalue weighted by molar-refractivity contribution is 0.385. The molecule has 0 saturated heterocycles. The minimum absolute atomic E-state index is 0.379. The Kier molecular flexibility index (Phi) is 6.89. The molecular formula is C22H31NO2. The van der Waals surface area contributed by atoms with E-state index in [9.17, 15) is 5.11 Å². The Balaban J connectivity index is 2.35. The van der Waals surface area contributed by atoms with Crippen molar-refractivity contribution in [3.05, 3.63) is 59.2 Å². The summed E-state index contributed by atoms with van der Waals surface area (Å²) in [5.41, 5.74) is 3.64. The van der Waals surface area contributed by atoms with Crippen LogP contribution in [0.2, 0.25) is 0 Å². The summed E-state index contributed by atoms with van der Waals surface area (Å²) in [7, 11) is 5.75. The van der Waals surface area contributed by atoms with Crippen LogP contribution in [0.25, 0.3) is 0 Å². The first-order valence-corrected chi connectivity index (χ1v) is 9.10. The van der Waals surface area contributed by atoms with Gasteiger partial charge >= 0.3 is 0 Å². The summed E-state index contributed by atoms with van der Waals surface area (Å²) in [5, 5.41) is 10.2. The number of nitrogens with zero attached hydrogens (tertiary/aromatic N) is 1. The van der Waals surface area contributed by atoms with Crippen molar-refractivity contribution >= 4 is 0 Å². The van der Waals surface area contributed by atoms with Crippen molar-refractivity contribution in [1.29, 1.82) is 0 Å². The molecule has 0 amide bonds. The fourth-order valence-electron chi connectivity index (χ4n) is 3.66. The zero-order valence-corrected chi connectivity index (χ0v) is 16.1. The predicted octanol–water partition coefficient (Wildman–Crippen LogP) is 5.15. The molecule has 2 rings (SSSR count). The van der Waals surface area contributed by atoms with Gasteiger partial charge in [-0.25, -0.2) is 0 Å². The molecule has 0 aromatic heterocycles. The smallest absolute Gasteiger partial charge is 0.120 e. The molecule has 3 heteroatoms. The van der Waals surface area contributed by atoms with Gasteiger partial charge < -0.3 is 14.7 Å². The maximum Gasteiger partial charge on any atom is 0.120 e. The number of methoxy groups -OCH3 is 1. The third kappa shape index (κ3) is 4.76. The molecule has 2 aromatic rings. The number of ether oxygens (including phenoxy) is 1. The molecule has 0 radical (unpaired) electrons. The molecule has 0 fully saturated rings. The Hall–Kier alpha value is -2.00. The highest BCUT2D eigenvalue weighted by Gasteiger charge is 2.23. The van der Waals surface area contributed by atoms with Crippen LogP contribution >= 0.6 is 0 Å². The molecule has 0 aliphatic heterocycles. The summed E-state index contributed by atoms with van der Waals surface area (Å²) in [6.07, 6.45) is 2.14. The van der Waals surface area contributed by atoms with E-state index in [1.54, 1.807) is 7.11 Å². The molecule has 2 aromatic carbocycles. The van der Waals surface area contributed by atoms with Crippen LogP contribution in [0.4, 0.5) is 0 Å².